The van der Waals surface area contributed by atoms with Gasteiger partial charge in [0, 0.05) is 5.92 Å². The first kappa shape index (κ1) is 14.4. The highest BCUT2D eigenvalue weighted by molar-refractivity contribution is 6.09. The Labute approximate surface area is 114 Å². The van der Waals surface area contributed by atoms with Gasteiger partial charge in [-0.1, -0.05) is 6.92 Å². The minimum atomic E-state index is -0.652. The molecule has 0 spiro atoms. The van der Waals surface area contributed by atoms with E-state index in [9.17, 15) is 9.18 Å². The molecular formula is C14H24FN3O. The number of rotatable bonds is 5. The van der Waals surface area contributed by atoms with Crippen LogP contribution in [0.2, 0.25) is 0 Å². The second-order valence-electron chi connectivity index (χ2n) is 5.75. The molecule has 0 bridgehead atoms. The van der Waals surface area contributed by atoms with Crippen LogP contribution in [0.25, 0.3) is 0 Å². The first-order valence-electron chi connectivity index (χ1n) is 7.32. The molecular weight excluding hydrogens is 245 g/mol. The number of carbonyl (C=O) groups excluding carboxylic acids is 1. The van der Waals surface area contributed by atoms with Crippen LogP contribution in [0.3, 0.4) is 0 Å². The molecule has 0 aromatic rings. The van der Waals surface area contributed by atoms with Gasteiger partial charge in [0.15, 0.2) is 0 Å². The number of aliphatic imine (C=N–C) groups is 1. The minimum absolute atomic E-state index is 0.0111. The Morgan fingerprint density at radius 1 is 1.42 bits per heavy atom. The van der Waals surface area contributed by atoms with Crippen LogP contribution >= 0.6 is 0 Å². The van der Waals surface area contributed by atoms with Crippen molar-refractivity contribution in [1.29, 1.82) is 0 Å². The van der Waals surface area contributed by atoms with Crippen molar-refractivity contribution in [2.45, 2.75) is 51.0 Å². The van der Waals surface area contributed by atoms with E-state index in [1.165, 1.54) is 0 Å². The summed E-state index contributed by atoms with van der Waals surface area (Å²) in [6.07, 6.45) is 4.92. The summed E-state index contributed by atoms with van der Waals surface area (Å²) in [6, 6.07) is 0. The van der Waals surface area contributed by atoms with Gasteiger partial charge >= 0.3 is 0 Å². The molecule has 1 aliphatic heterocycles. The van der Waals surface area contributed by atoms with Gasteiger partial charge in [-0.25, -0.2) is 0 Å². The Hall–Kier alpha value is -0.970. The molecule has 1 heterocycles. The topological polar surface area (TPSA) is 67.5 Å². The van der Waals surface area contributed by atoms with Gasteiger partial charge in [0.2, 0.25) is 0 Å². The Kier molecular flexibility index (Phi) is 4.55. The molecule has 3 N–H and O–H groups in total. The summed E-state index contributed by atoms with van der Waals surface area (Å²) >= 11 is 0. The fraction of sp³-hybridized carbons (Fsp3) is 0.857. The second-order valence-corrected chi connectivity index (χ2v) is 5.75. The zero-order valence-corrected chi connectivity index (χ0v) is 11.6. The standard InChI is InChI=1S/C14H24FN3O/c1-2-14(7-8-16)13(19)17-12(18-14)11-5-3-10(9-15)4-6-11/h10-11H,2-9,16H2,1H3,(H,17,18,19). The molecule has 19 heavy (non-hydrogen) atoms. The van der Waals surface area contributed by atoms with Crippen LogP contribution in [0.5, 0.6) is 0 Å². The quantitative estimate of drug-likeness (QED) is 0.799. The molecule has 1 fully saturated rings. The summed E-state index contributed by atoms with van der Waals surface area (Å²) in [5, 5.41) is 2.94. The van der Waals surface area contributed by atoms with Crippen LogP contribution in [-0.2, 0) is 4.79 Å². The molecule has 1 atom stereocenters. The number of hydrogen-bond acceptors (Lipinski definition) is 3. The molecule has 1 saturated carbocycles. The maximum atomic E-state index is 12.6. The number of alkyl halides is 1. The smallest absolute Gasteiger partial charge is 0.253 e. The number of hydrogen-bond donors (Lipinski definition) is 2. The summed E-state index contributed by atoms with van der Waals surface area (Å²) < 4.78 is 12.6. The van der Waals surface area contributed by atoms with E-state index in [-0.39, 0.29) is 24.4 Å². The molecule has 0 aromatic carbocycles. The van der Waals surface area contributed by atoms with Crippen molar-refractivity contribution in [3.8, 4) is 0 Å². The number of amides is 1. The summed E-state index contributed by atoms with van der Waals surface area (Å²) in [5.41, 5.74) is 4.95. The lowest BCUT2D eigenvalue weighted by Crippen LogP contribution is -2.41. The van der Waals surface area contributed by atoms with Crippen LogP contribution in [0.1, 0.15) is 45.4 Å². The van der Waals surface area contributed by atoms with Gasteiger partial charge in [0.05, 0.1) is 6.67 Å². The molecule has 1 amide bonds. The van der Waals surface area contributed by atoms with E-state index < -0.39 is 5.54 Å². The zero-order chi connectivity index (χ0) is 13.9. The highest BCUT2D eigenvalue weighted by atomic mass is 19.1. The van der Waals surface area contributed by atoms with Crippen LogP contribution in [0, 0.1) is 11.8 Å². The normalized spacial score (nSPS) is 35.1. The van der Waals surface area contributed by atoms with Crippen LogP contribution < -0.4 is 11.1 Å². The van der Waals surface area contributed by atoms with Crippen molar-refractivity contribution < 1.29 is 9.18 Å². The predicted octanol–water partition coefficient (Wildman–Crippen LogP) is 1.79. The average molecular weight is 269 g/mol. The second kappa shape index (κ2) is 5.99. The lowest BCUT2D eigenvalue weighted by atomic mass is 9.82. The van der Waals surface area contributed by atoms with E-state index >= 15 is 0 Å². The number of nitrogens with one attached hydrogen (secondary N) is 1. The Bertz CT molecular complexity index is 364. The minimum Gasteiger partial charge on any atom is -0.330 e. The average Bonchev–Trinajstić information content (AvgIpc) is 2.77. The van der Waals surface area contributed by atoms with Gasteiger partial charge in [0.25, 0.3) is 5.91 Å². The first-order valence-corrected chi connectivity index (χ1v) is 7.32. The molecule has 4 nitrogen and oxygen atoms in total. The van der Waals surface area contributed by atoms with Gasteiger partial charge in [-0.3, -0.25) is 14.2 Å². The molecule has 108 valence electrons. The third-order valence-electron chi connectivity index (χ3n) is 4.59. The van der Waals surface area contributed by atoms with E-state index in [0.29, 0.717) is 19.4 Å². The number of nitrogens with zero attached hydrogens (tertiary/aromatic N) is 1. The highest BCUT2D eigenvalue weighted by Crippen LogP contribution is 2.33. The monoisotopic (exact) mass is 269 g/mol. The lowest BCUT2D eigenvalue weighted by Gasteiger charge is -2.26. The largest absolute Gasteiger partial charge is 0.330 e. The summed E-state index contributed by atoms with van der Waals surface area (Å²) in [7, 11) is 0. The van der Waals surface area contributed by atoms with Crippen LogP contribution in [-0.4, -0.2) is 30.5 Å². The molecule has 2 aliphatic rings. The third-order valence-corrected chi connectivity index (χ3v) is 4.59. The molecule has 1 unspecified atom stereocenters. The van der Waals surface area contributed by atoms with E-state index in [2.05, 4.69) is 10.3 Å². The number of amidine groups is 1. The fourth-order valence-electron chi connectivity index (χ4n) is 3.15. The molecule has 1 aliphatic carbocycles. The van der Waals surface area contributed by atoms with Gasteiger partial charge in [-0.05, 0) is 51.0 Å². The fourth-order valence-corrected chi connectivity index (χ4v) is 3.15. The van der Waals surface area contributed by atoms with Crippen molar-refractivity contribution in [3.05, 3.63) is 0 Å². The van der Waals surface area contributed by atoms with Crippen molar-refractivity contribution in [2.75, 3.05) is 13.2 Å². The van der Waals surface area contributed by atoms with Crippen molar-refractivity contribution in [3.63, 3.8) is 0 Å². The summed E-state index contributed by atoms with van der Waals surface area (Å²) in [5.74, 6) is 1.30. The molecule has 2 rings (SSSR count). The lowest BCUT2D eigenvalue weighted by molar-refractivity contribution is -0.124. The Morgan fingerprint density at radius 3 is 2.63 bits per heavy atom. The van der Waals surface area contributed by atoms with Crippen molar-refractivity contribution in [1.82, 2.24) is 5.32 Å². The van der Waals surface area contributed by atoms with E-state index in [1.807, 2.05) is 6.92 Å². The van der Waals surface area contributed by atoms with E-state index in [4.69, 9.17) is 5.73 Å². The first-order chi connectivity index (χ1) is 9.15. The maximum Gasteiger partial charge on any atom is 0.253 e. The molecule has 5 heteroatoms. The number of halogens is 1. The van der Waals surface area contributed by atoms with Gasteiger partial charge in [-0.15, -0.1) is 0 Å². The Morgan fingerprint density at radius 2 is 2.11 bits per heavy atom. The van der Waals surface area contributed by atoms with Crippen LogP contribution in [0.4, 0.5) is 4.39 Å². The highest BCUT2D eigenvalue weighted by Gasteiger charge is 2.43. The third kappa shape index (κ3) is 2.81. The van der Waals surface area contributed by atoms with Crippen LogP contribution in [0.15, 0.2) is 4.99 Å². The molecule has 0 saturated heterocycles. The zero-order valence-electron chi connectivity index (χ0n) is 11.6. The number of nitrogens with two attached hydrogens (primary N) is 1. The molecule has 0 radical (unpaired) electrons. The summed E-state index contributed by atoms with van der Waals surface area (Å²) in [4.78, 5) is 16.8. The van der Waals surface area contributed by atoms with E-state index in [1.54, 1.807) is 0 Å². The van der Waals surface area contributed by atoms with Crippen molar-refractivity contribution >= 4 is 11.7 Å². The predicted molar refractivity (Wildman–Crippen MR) is 73.7 cm³/mol. The van der Waals surface area contributed by atoms with Gasteiger partial charge in [-0.2, -0.15) is 0 Å². The van der Waals surface area contributed by atoms with Gasteiger partial charge < -0.3 is 11.1 Å². The SMILES string of the molecule is CCC1(CCN)N=C(C2CCC(CF)CC2)NC1=O. The Balaban J connectivity index is 2.05. The van der Waals surface area contributed by atoms with Crippen molar-refractivity contribution in [2.24, 2.45) is 22.6 Å². The summed E-state index contributed by atoms with van der Waals surface area (Å²) in [6.45, 7) is 2.21. The maximum absolute atomic E-state index is 12.6. The molecule has 0 aromatic heterocycles. The number of carbonyl (C=O) groups is 1. The van der Waals surface area contributed by atoms with E-state index in [0.717, 1.165) is 31.5 Å². The van der Waals surface area contributed by atoms with Gasteiger partial charge in [0.1, 0.15) is 11.4 Å².